The minimum atomic E-state index is 0.235. The van der Waals surface area contributed by atoms with Gasteiger partial charge in [-0.3, -0.25) is 0 Å². The van der Waals surface area contributed by atoms with E-state index in [0.717, 1.165) is 0 Å². The van der Waals surface area contributed by atoms with Crippen molar-refractivity contribution in [1.29, 1.82) is 0 Å². The SMILES string of the molecule is CCCCCCc1cc2c(cc1CCCCCC)C1C=CC2O1. The monoisotopic (exact) mass is 312 g/mol. The van der Waals surface area contributed by atoms with Crippen LogP contribution >= 0.6 is 0 Å². The van der Waals surface area contributed by atoms with E-state index in [1.807, 2.05) is 0 Å². The van der Waals surface area contributed by atoms with E-state index in [1.54, 1.807) is 11.1 Å². The third-order valence-corrected chi connectivity index (χ3v) is 5.37. The Kier molecular flexibility index (Phi) is 5.94. The van der Waals surface area contributed by atoms with E-state index in [4.69, 9.17) is 4.74 Å². The molecule has 2 unspecified atom stereocenters. The first-order chi connectivity index (χ1) is 11.3. The summed E-state index contributed by atoms with van der Waals surface area (Å²) in [5.41, 5.74) is 6.09. The Morgan fingerprint density at radius 2 is 1.17 bits per heavy atom. The Labute approximate surface area is 142 Å². The lowest BCUT2D eigenvalue weighted by Gasteiger charge is -2.16. The quantitative estimate of drug-likeness (QED) is 0.348. The summed E-state index contributed by atoms with van der Waals surface area (Å²) in [5.74, 6) is 0. The lowest BCUT2D eigenvalue weighted by Crippen LogP contribution is -2.02. The number of hydrogen-bond acceptors (Lipinski definition) is 1. The van der Waals surface area contributed by atoms with Crippen LogP contribution in [0.15, 0.2) is 24.3 Å². The fourth-order valence-electron chi connectivity index (χ4n) is 3.97. The van der Waals surface area contributed by atoms with E-state index in [-0.39, 0.29) is 12.2 Å². The average molecular weight is 312 g/mol. The van der Waals surface area contributed by atoms with Gasteiger partial charge in [0.05, 0.1) is 0 Å². The van der Waals surface area contributed by atoms with Crippen molar-refractivity contribution in [3.8, 4) is 0 Å². The summed E-state index contributed by atoms with van der Waals surface area (Å²) in [6, 6.07) is 4.95. The maximum Gasteiger partial charge on any atom is 0.102 e. The predicted octanol–water partition coefficient (Wildman–Crippen LogP) is 6.61. The van der Waals surface area contributed by atoms with E-state index in [0.29, 0.717) is 0 Å². The van der Waals surface area contributed by atoms with Crippen LogP contribution in [0.4, 0.5) is 0 Å². The molecule has 126 valence electrons. The molecule has 0 radical (unpaired) electrons. The Morgan fingerprint density at radius 3 is 1.61 bits per heavy atom. The molecule has 0 saturated heterocycles. The Balaban J connectivity index is 1.71. The zero-order valence-corrected chi connectivity index (χ0v) is 14.9. The van der Waals surface area contributed by atoms with Crippen molar-refractivity contribution in [2.24, 2.45) is 0 Å². The van der Waals surface area contributed by atoms with Crippen LogP contribution < -0.4 is 0 Å². The highest BCUT2D eigenvalue weighted by atomic mass is 16.5. The maximum atomic E-state index is 6.03. The van der Waals surface area contributed by atoms with Gasteiger partial charge in [-0.25, -0.2) is 0 Å². The lowest BCUT2D eigenvalue weighted by molar-refractivity contribution is 0.0878. The van der Waals surface area contributed by atoms with Crippen LogP contribution in [0.25, 0.3) is 0 Å². The summed E-state index contributed by atoms with van der Waals surface area (Å²) in [6.45, 7) is 4.57. The fraction of sp³-hybridized carbons (Fsp3) is 0.636. The molecule has 1 heteroatoms. The van der Waals surface area contributed by atoms with Gasteiger partial charge in [0.15, 0.2) is 0 Å². The Hall–Kier alpha value is -1.08. The summed E-state index contributed by atoms with van der Waals surface area (Å²) in [6.07, 6.45) is 18.2. The van der Waals surface area contributed by atoms with Gasteiger partial charge in [-0.1, -0.05) is 76.7 Å². The molecule has 0 spiro atoms. The topological polar surface area (TPSA) is 9.23 Å². The molecule has 0 saturated carbocycles. The number of aryl methyl sites for hydroxylation is 2. The van der Waals surface area contributed by atoms with Crippen molar-refractivity contribution in [1.82, 2.24) is 0 Å². The van der Waals surface area contributed by atoms with Crippen molar-refractivity contribution in [2.75, 3.05) is 0 Å². The van der Waals surface area contributed by atoms with Crippen molar-refractivity contribution >= 4 is 0 Å². The van der Waals surface area contributed by atoms with Crippen molar-refractivity contribution in [3.63, 3.8) is 0 Å². The van der Waals surface area contributed by atoms with Gasteiger partial charge in [-0.15, -0.1) is 0 Å². The zero-order chi connectivity index (χ0) is 16.1. The van der Waals surface area contributed by atoms with Crippen LogP contribution in [0.3, 0.4) is 0 Å². The van der Waals surface area contributed by atoms with Crippen LogP contribution in [0, 0.1) is 0 Å². The van der Waals surface area contributed by atoms with E-state index in [1.165, 1.54) is 75.3 Å². The second-order valence-corrected chi connectivity index (χ2v) is 7.23. The first-order valence-electron chi connectivity index (χ1n) is 9.82. The molecule has 2 atom stereocenters. The standard InChI is InChI=1S/C22H32O/c1-3-5-7-9-11-17-15-19-20(22-14-13-21(19)23-22)16-18(17)12-10-8-6-4-2/h13-16,21-22H,3-12H2,1-2H3. The smallest absolute Gasteiger partial charge is 0.102 e. The van der Waals surface area contributed by atoms with Gasteiger partial charge in [0.2, 0.25) is 0 Å². The van der Waals surface area contributed by atoms with E-state index in [9.17, 15) is 0 Å². The first kappa shape index (κ1) is 16.8. The molecule has 0 N–H and O–H groups in total. The molecule has 1 aromatic carbocycles. The molecule has 2 aliphatic rings. The van der Waals surface area contributed by atoms with E-state index < -0.39 is 0 Å². The van der Waals surface area contributed by atoms with Crippen molar-refractivity contribution in [2.45, 2.75) is 90.3 Å². The minimum Gasteiger partial charge on any atom is -0.357 e. The number of rotatable bonds is 10. The Bertz CT molecular complexity index is 496. The van der Waals surface area contributed by atoms with Gasteiger partial charge in [-0.2, -0.15) is 0 Å². The second kappa shape index (κ2) is 8.15. The van der Waals surface area contributed by atoms with Gasteiger partial charge < -0.3 is 4.74 Å². The number of ether oxygens (including phenoxy) is 1. The molecule has 2 heterocycles. The van der Waals surface area contributed by atoms with E-state index in [2.05, 4.69) is 38.1 Å². The van der Waals surface area contributed by atoms with Gasteiger partial charge in [0, 0.05) is 0 Å². The minimum absolute atomic E-state index is 0.235. The normalized spacial score (nSPS) is 21.1. The molecule has 2 aliphatic heterocycles. The summed E-state index contributed by atoms with van der Waals surface area (Å²) >= 11 is 0. The Morgan fingerprint density at radius 1 is 0.696 bits per heavy atom. The van der Waals surface area contributed by atoms with Crippen LogP contribution in [0.2, 0.25) is 0 Å². The lowest BCUT2D eigenvalue weighted by atomic mass is 9.88. The van der Waals surface area contributed by atoms with Crippen molar-refractivity contribution in [3.05, 3.63) is 46.5 Å². The molecule has 1 nitrogen and oxygen atoms in total. The van der Waals surface area contributed by atoms with Crippen molar-refractivity contribution < 1.29 is 4.74 Å². The van der Waals surface area contributed by atoms with Crippen LogP contribution in [0.1, 0.15) is 99.7 Å². The molecule has 0 aliphatic carbocycles. The average Bonchev–Trinajstić information content (AvgIpc) is 3.17. The summed E-state index contributed by atoms with van der Waals surface area (Å²) in [7, 11) is 0. The fourth-order valence-corrected chi connectivity index (χ4v) is 3.97. The largest absolute Gasteiger partial charge is 0.357 e. The molecule has 3 rings (SSSR count). The molecule has 0 fully saturated rings. The molecule has 23 heavy (non-hydrogen) atoms. The van der Waals surface area contributed by atoms with Gasteiger partial charge in [0.25, 0.3) is 0 Å². The molecule has 2 bridgehead atoms. The zero-order valence-electron chi connectivity index (χ0n) is 14.9. The van der Waals surface area contributed by atoms with Gasteiger partial charge in [0.1, 0.15) is 12.2 Å². The number of fused-ring (bicyclic) bond motifs is 5. The summed E-state index contributed by atoms with van der Waals surface area (Å²) < 4.78 is 6.03. The molecular formula is C22H32O. The molecule has 0 aromatic heterocycles. The van der Waals surface area contributed by atoms with E-state index >= 15 is 0 Å². The van der Waals surface area contributed by atoms with Crippen LogP contribution in [-0.4, -0.2) is 0 Å². The maximum absolute atomic E-state index is 6.03. The van der Waals surface area contributed by atoms with Gasteiger partial charge >= 0.3 is 0 Å². The summed E-state index contributed by atoms with van der Waals surface area (Å²) in [5, 5.41) is 0. The number of unbranched alkanes of at least 4 members (excludes halogenated alkanes) is 6. The highest BCUT2D eigenvalue weighted by Gasteiger charge is 2.34. The number of benzene rings is 1. The highest BCUT2D eigenvalue weighted by molar-refractivity contribution is 5.48. The predicted molar refractivity (Wildman–Crippen MR) is 97.8 cm³/mol. The summed E-state index contributed by atoms with van der Waals surface area (Å²) in [4.78, 5) is 0. The second-order valence-electron chi connectivity index (χ2n) is 7.23. The van der Waals surface area contributed by atoms with Gasteiger partial charge in [-0.05, 0) is 47.9 Å². The molecule has 0 amide bonds. The molecule has 1 aromatic rings. The first-order valence-corrected chi connectivity index (χ1v) is 9.82. The van der Waals surface area contributed by atoms with Crippen LogP contribution in [-0.2, 0) is 17.6 Å². The third kappa shape index (κ3) is 3.88. The highest BCUT2D eigenvalue weighted by Crippen LogP contribution is 2.46. The van der Waals surface area contributed by atoms with Crippen LogP contribution in [0.5, 0.6) is 0 Å². The molecular weight excluding hydrogens is 280 g/mol. The number of hydrogen-bond donors (Lipinski definition) is 0. The third-order valence-electron chi connectivity index (χ3n) is 5.37.